The van der Waals surface area contributed by atoms with E-state index < -0.39 is 18.2 Å². The SMILES string of the molecule is CCCCCCCCCCCCCCCCCC(O)C(N)C(O)C(=O)CCCCCCCCCCCCCCCC. The van der Waals surface area contributed by atoms with Gasteiger partial charge in [-0.1, -0.05) is 194 Å². The maximum atomic E-state index is 12.4. The number of hydrogen-bond acceptors (Lipinski definition) is 4. The minimum absolute atomic E-state index is 0.202. The Bertz CT molecular complexity index is 526. The second-order valence-electron chi connectivity index (χ2n) is 13.1. The summed E-state index contributed by atoms with van der Waals surface area (Å²) in [7, 11) is 0. The van der Waals surface area contributed by atoms with Crippen LogP contribution in [0.1, 0.15) is 213 Å². The largest absolute Gasteiger partial charge is 0.391 e. The number of ketones is 1. The molecule has 0 aliphatic carbocycles. The summed E-state index contributed by atoms with van der Waals surface area (Å²) in [5, 5.41) is 20.7. The molecular formula is C37H75NO3. The van der Waals surface area contributed by atoms with E-state index in [1.807, 2.05) is 0 Å². The molecule has 0 saturated heterocycles. The number of unbranched alkanes of at least 4 members (excludes halogenated alkanes) is 27. The van der Waals surface area contributed by atoms with Crippen molar-refractivity contribution < 1.29 is 15.0 Å². The smallest absolute Gasteiger partial charge is 0.162 e. The lowest BCUT2D eigenvalue weighted by atomic mass is 9.95. The first-order valence-electron chi connectivity index (χ1n) is 18.7. The van der Waals surface area contributed by atoms with Crippen molar-refractivity contribution in [2.75, 3.05) is 0 Å². The van der Waals surface area contributed by atoms with Gasteiger partial charge in [-0.25, -0.2) is 0 Å². The van der Waals surface area contributed by atoms with Gasteiger partial charge in [0.15, 0.2) is 5.78 Å². The molecule has 3 atom stereocenters. The van der Waals surface area contributed by atoms with Crippen molar-refractivity contribution in [1.29, 1.82) is 0 Å². The molecule has 0 heterocycles. The summed E-state index contributed by atoms with van der Waals surface area (Å²) in [6.45, 7) is 4.54. The van der Waals surface area contributed by atoms with E-state index in [4.69, 9.17) is 5.73 Å². The molecule has 0 radical (unpaired) electrons. The summed E-state index contributed by atoms with van der Waals surface area (Å²) in [6, 6.07) is -0.860. The van der Waals surface area contributed by atoms with Crippen molar-refractivity contribution in [2.45, 2.75) is 231 Å². The first-order chi connectivity index (χ1) is 20.0. The highest BCUT2D eigenvalue weighted by atomic mass is 16.3. The first kappa shape index (κ1) is 40.5. The Hall–Kier alpha value is -0.450. The molecule has 0 rings (SSSR count). The lowest BCUT2D eigenvalue weighted by Crippen LogP contribution is -2.48. The number of nitrogens with two attached hydrogens (primary N) is 1. The standard InChI is InChI=1S/C37H75NO3/c1-3-5-7-9-11-13-15-17-19-21-22-24-26-28-30-32-34(39)36(38)37(41)35(40)33-31-29-27-25-23-20-18-16-14-12-10-8-6-4-2/h34,36-37,39,41H,3-33,38H2,1-2H3. The fourth-order valence-electron chi connectivity index (χ4n) is 5.98. The van der Waals surface area contributed by atoms with Gasteiger partial charge >= 0.3 is 0 Å². The van der Waals surface area contributed by atoms with E-state index in [1.165, 1.54) is 154 Å². The first-order valence-corrected chi connectivity index (χ1v) is 18.7. The van der Waals surface area contributed by atoms with Crippen molar-refractivity contribution >= 4 is 5.78 Å². The van der Waals surface area contributed by atoms with Crippen LogP contribution in [0.2, 0.25) is 0 Å². The van der Waals surface area contributed by atoms with E-state index in [2.05, 4.69) is 13.8 Å². The Morgan fingerprint density at radius 3 is 1.05 bits per heavy atom. The number of aliphatic hydroxyl groups excluding tert-OH is 2. The second-order valence-corrected chi connectivity index (χ2v) is 13.1. The second kappa shape index (κ2) is 32.5. The van der Waals surface area contributed by atoms with Gasteiger partial charge in [0.1, 0.15) is 6.10 Å². The summed E-state index contributed by atoms with van der Waals surface area (Å²) in [5.41, 5.74) is 6.05. The van der Waals surface area contributed by atoms with E-state index in [1.54, 1.807) is 0 Å². The summed E-state index contributed by atoms with van der Waals surface area (Å²) in [4.78, 5) is 12.4. The van der Waals surface area contributed by atoms with Crippen LogP contribution in [0.3, 0.4) is 0 Å². The minimum atomic E-state index is -1.23. The summed E-state index contributed by atoms with van der Waals surface area (Å²) in [6.07, 6.45) is 36.5. The third-order valence-electron chi connectivity index (χ3n) is 9.02. The number of aliphatic hydroxyl groups is 2. The average molecular weight is 582 g/mol. The molecule has 0 saturated carbocycles. The molecule has 0 bridgehead atoms. The topological polar surface area (TPSA) is 83.6 Å². The highest BCUT2D eigenvalue weighted by molar-refractivity contribution is 5.83. The van der Waals surface area contributed by atoms with Gasteiger partial charge in [0, 0.05) is 6.42 Å². The van der Waals surface area contributed by atoms with Gasteiger partial charge in [0.05, 0.1) is 12.1 Å². The molecule has 3 unspecified atom stereocenters. The zero-order chi connectivity index (χ0) is 30.2. The minimum Gasteiger partial charge on any atom is -0.391 e. The molecule has 0 aliphatic rings. The Morgan fingerprint density at radius 1 is 0.463 bits per heavy atom. The van der Waals surface area contributed by atoms with Gasteiger partial charge < -0.3 is 15.9 Å². The zero-order valence-electron chi connectivity index (χ0n) is 28.0. The van der Waals surface area contributed by atoms with E-state index in [-0.39, 0.29) is 5.78 Å². The van der Waals surface area contributed by atoms with Gasteiger partial charge in [-0.05, 0) is 12.8 Å². The monoisotopic (exact) mass is 582 g/mol. The molecular weight excluding hydrogens is 506 g/mol. The lowest BCUT2D eigenvalue weighted by molar-refractivity contribution is -0.129. The van der Waals surface area contributed by atoms with E-state index in [0.29, 0.717) is 12.8 Å². The molecule has 0 aliphatic heterocycles. The molecule has 0 spiro atoms. The van der Waals surface area contributed by atoms with Crippen LogP contribution < -0.4 is 5.73 Å². The van der Waals surface area contributed by atoms with Crippen LogP contribution >= 0.6 is 0 Å². The number of hydrogen-bond donors (Lipinski definition) is 3. The number of carbonyl (C=O) groups is 1. The Kier molecular flexibility index (Phi) is 32.1. The molecule has 4 nitrogen and oxygen atoms in total. The maximum Gasteiger partial charge on any atom is 0.162 e. The summed E-state index contributed by atoms with van der Waals surface area (Å²) >= 11 is 0. The summed E-state index contributed by atoms with van der Waals surface area (Å²) < 4.78 is 0. The zero-order valence-corrected chi connectivity index (χ0v) is 28.0. The molecule has 4 N–H and O–H groups in total. The van der Waals surface area contributed by atoms with Crippen LogP contribution in [0, 0.1) is 0 Å². The normalized spacial score (nSPS) is 13.9. The fraction of sp³-hybridized carbons (Fsp3) is 0.973. The van der Waals surface area contributed by atoms with Crippen LogP contribution in [0.15, 0.2) is 0 Å². The number of rotatable bonds is 34. The molecule has 4 heteroatoms. The molecule has 41 heavy (non-hydrogen) atoms. The van der Waals surface area contributed by atoms with Crippen molar-refractivity contribution in [1.82, 2.24) is 0 Å². The van der Waals surface area contributed by atoms with Crippen molar-refractivity contribution in [3.63, 3.8) is 0 Å². The number of Topliss-reactive ketones (excluding diaryl/α,β-unsaturated/α-hetero) is 1. The van der Waals surface area contributed by atoms with Gasteiger partial charge in [-0.15, -0.1) is 0 Å². The van der Waals surface area contributed by atoms with Gasteiger partial charge in [-0.3, -0.25) is 4.79 Å². The van der Waals surface area contributed by atoms with Gasteiger partial charge in [0.2, 0.25) is 0 Å². The molecule has 0 aromatic rings. The van der Waals surface area contributed by atoms with Gasteiger partial charge in [-0.2, -0.15) is 0 Å². The highest BCUT2D eigenvalue weighted by Crippen LogP contribution is 2.17. The molecule has 0 aromatic heterocycles. The Morgan fingerprint density at radius 2 is 0.732 bits per heavy atom. The third-order valence-corrected chi connectivity index (χ3v) is 9.02. The molecule has 246 valence electrons. The van der Waals surface area contributed by atoms with Gasteiger partial charge in [0.25, 0.3) is 0 Å². The Balaban J connectivity index is 3.54. The van der Waals surface area contributed by atoms with Crippen LogP contribution in [0.4, 0.5) is 0 Å². The Labute approximate surface area is 257 Å². The third kappa shape index (κ3) is 28.1. The van der Waals surface area contributed by atoms with Crippen molar-refractivity contribution in [3.8, 4) is 0 Å². The predicted molar refractivity (Wildman–Crippen MR) is 179 cm³/mol. The lowest BCUT2D eigenvalue weighted by Gasteiger charge is -2.23. The number of carbonyl (C=O) groups excluding carboxylic acids is 1. The average Bonchev–Trinajstić information content (AvgIpc) is 2.98. The van der Waals surface area contributed by atoms with Crippen LogP contribution in [0.5, 0.6) is 0 Å². The predicted octanol–water partition coefficient (Wildman–Crippen LogP) is 10.7. The maximum absolute atomic E-state index is 12.4. The molecule has 0 amide bonds. The van der Waals surface area contributed by atoms with Crippen LogP contribution in [-0.2, 0) is 4.79 Å². The molecule has 0 fully saturated rings. The van der Waals surface area contributed by atoms with Crippen molar-refractivity contribution in [2.24, 2.45) is 5.73 Å². The van der Waals surface area contributed by atoms with Crippen LogP contribution in [0.25, 0.3) is 0 Å². The van der Waals surface area contributed by atoms with E-state index >= 15 is 0 Å². The van der Waals surface area contributed by atoms with Crippen LogP contribution in [-0.4, -0.2) is 34.2 Å². The van der Waals surface area contributed by atoms with E-state index in [0.717, 1.165) is 32.1 Å². The molecule has 0 aromatic carbocycles. The van der Waals surface area contributed by atoms with E-state index in [9.17, 15) is 15.0 Å². The summed E-state index contributed by atoms with van der Waals surface area (Å²) in [5.74, 6) is -0.202. The fourth-order valence-corrected chi connectivity index (χ4v) is 5.98. The quantitative estimate of drug-likeness (QED) is 0.0660. The highest BCUT2D eigenvalue weighted by Gasteiger charge is 2.27. The van der Waals surface area contributed by atoms with Crippen molar-refractivity contribution in [3.05, 3.63) is 0 Å².